The predicted octanol–water partition coefficient (Wildman–Crippen LogP) is 4.36. The minimum absolute atomic E-state index is 0.0544. The number of para-hydroxylation sites is 1. The Labute approximate surface area is 237 Å². The standard InChI is InChI=1S/C29H36FN2O8P/c1-20-10-8-9-11-21(20)16-37-18-28(2,3)19-41(36,40-22-12-6-5-7-13-22)38-17-23-25(34)29(4,30)26(39-23)32-15-14-24(33)31-27(32)35/h5-15,23,25-26,34H,16-19H2,1-4H3,(H,31,33,35)/t23-,25-,26-,29-,41?/m1/s1. The molecule has 1 fully saturated rings. The molecule has 0 aliphatic carbocycles. The van der Waals surface area contributed by atoms with E-state index in [0.717, 1.165) is 34.9 Å². The first-order valence-corrected chi connectivity index (χ1v) is 15.0. The second-order valence-electron chi connectivity index (χ2n) is 11.2. The van der Waals surface area contributed by atoms with E-state index in [2.05, 4.69) is 0 Å². The number of benzene rings is 2. The number of aliphatic hydroxyl groups excluding tert-OH is 1. The second kappa shape index (κ2) is 12.4. The van der Waals surface area contributed by atoms with Crippen LogP contribution in [0, 0.1) is 12.3 Å². The summed E-state index contributed by atoms with van der Waals surface area (Å²) in [5.41, 5.74) is -2.50. The second-order valence-corrected chi connectivity index (χ2v) is 13.2. The number of aryl methyl sites for hydroxylation is 1. The minimum Gasteiger partial charge on any atom is -0.424 e. The highest BCUT2D eigenvalue weighted by atomic mass is 31.2. The Balaban J connectivity index is 1.48. The first kappa shape index (κ1) is 30.9. The Morgan fingerprint density at radius 1 is 1.12 bits per heavy atom. The fourth-order valence-electron chi connectivity index (χ4n) is 4.67. The third kappa shape index (κ3) is 7.61. The summed E-state index contributed by atoms with van der Waals surface area (Å²) in [6.07, 6.45) is -3.55. The summed E-state index contributed by atoms with van der Waals surface area (Å²) in [7, 11) is -3.92. The van der Waals surface area contributed by atoms with Crippen molar-refractivity contribution < 1.29 is 32.6 Å². The maximum atomic E-state index is 15.6. The van der Waals surface area contributed by atoms with E-state index in [-0.39, 0.29) is 12.8 Å². The number of aromatic amines is 1. The van der Waals surface area contributed by atoms with Crippen molar-refractivity contribution in [3.63, 3.8) is 0 Å². The van der Waals surface area contributed by atoms with Gasteiger partial charge in [-0.1, -0.05) is 56.3 Å². The maximum Gasteiger partial charge on any atom is 0.379 e. The highest BCUT2D eigenvalue weighted by Crippen LogP contribution is 2.53. The van der Waals surface area contributed by atoms with Gasteiger partial charge in [-0.2, -0.15) is 0 Å². The van der Waals surface area contributed by atoms with Gasteiger partial charge in [-0.25, -0.2) is 13.8 Å². The van der Waals surface area contributed by atoms with E-state index in [9.17, 15) is 19.3 Å². The van der Waals surface area contributed by atoms with E-state index in [1.807, 2.05) is 50.0 Å². The molecule has 4 rings (SSSR count). The van der Waals surface area contributed by atoms with Crippen molar-refractivity contribution in [3.05, 3.63) is 98.8 Å². The van der Waals surface area contributed by atoms with Crippen LogP contribution < -0.4 is 15.8 Å². The number of hydrogen-bond acceptors (Lipinski definition) is 8. The van der Waals surface area contributed by atoms with Crippen molar-refractivity contribution in [1.29, 1.82) is 0 Å². The molecule has 1 saturated heterocycles. The van der Waals surface area contributed by atoms with Crippen LogP contribution in [-0.2, 0) is 25.2 Å². The molecule has 2 aromatic carbocycles. The minimum atomic E-state index is -3.92. The van der Waals surface area contributed by atoms with Gasteiger partial charge in [0, 0.05) is 17.7 Å². The van der Waals surface area contributed by atoms with Crippen molar-refractivity contribution in [1.82, 2.24) is 9.55 Å². The van der Waals surface area contributed by atoms with Gasteiger partial charge in [0.15, 0.2) is 11.9 Å². The lowest BCUT2D eigenvalue weighted by molar-refractivity contribution is -0.0593. The Kier molecular flexibility index (Phi) is 9.35. The molecule has 5 atom stereocenters. The van der Waals surface area contributed by atoms with Gasteiger partial charge in [0.2, 0.25) is 0 Å². The molecule has 12 heteroatoms. The molecule has 10 nitrogen and oxygen atoms in total. The molecule has 41 heavy (non-hydrogen) atoms. The van der Waals surface area contributed by atoms with Crippen molar-refractivity contribution >= 4 is 7.60 Å². The Morgan fingerprint density at radius 3 is 2.49 bits per heavy atom. The van der Waals surface area contributed by atoms with Gasteiger partial charge in [0.1, 0.15) is 18.0 Å². The summed E-state index contributed by atoms with van der Waals surface area (Å²) >= 11 is 0. The molecule has 0 amide bonds. The van der Waals surface area contributed by atoms with E-state index in [1.54, 1.807) is 30.3 Å². The lowest BCUT2D eigenvalue weighted by Crippen LogP contribution is -2.43. The molecule has 1 unspecified atom stereocenters. The van der Waals surface area contributed by atoms with E-state index in [1.165, 1.54) is 0 Å². The first-order valence-electron chi connectivity index (χ1n) is 13.2. The molecular weight excluding hydrogens is 554 g/mol. The number of halogens is 1. The van der Waals surface area contributed by atoms with Gasteiger partial charge < -0.3 is 19.1 Å². The zero-order chi connectivity index (χ0) is 29.8. The maximum absolute atomic E-state index is 15.6. The van der Waals surface area contributed by atoms with Gasteiger partial charge >= 0.3 is 13.3 Å². The highest BCUT2D eigenvalue weighted by Gasteiger charge is 2.56. The molecule has 0 spiro atoms. The Bertz CT molecular complexity index is 1490. The fraction of sp³-hybridized carbons (Fsp3) is 0.448. The smallest absolute Gasteiger partial charge is 0.379 e. The molecule has 1 aliphatic rings. The number of aliphatic hydroxyl groups is 1. The van der Waals surface area contributed by atoms with Crippen LogP contribution in [0.2, 0.25) is 0 Å². The highest BCUT2D eigenvalue weighted by molar-refractivity contribution is 7.54. The molecule has 0 bridgehead atoms. The average molecular weight is 591 g/mol. The quantitative estimate of drug-likeness (QED) is 0.298. The molecule has 3 aromatic rings. The molecule has 1 aliphatic heterocycles. The van der Waals surface area contributed by atoms with E-state index < -0.39 is 55.0 Å². The number of hydrogen-bond donors (Lipinski definition) is 2. The van der Waals surface area contributed by atoms with Crippen LogP contribution in [0.25, 0.3) is 0 Å². The third-order valence-electron chi connectivity index (χ3n) is 6.88. The van der Waals surface area contributed by atoms with Crippen molar-refractivity contribution in [2.24, 2.45) is 5.41 Å². The van der Waals surface area contributed by atoms with Crippen LogP contribution in [0.15, 0.2) is 76.4 Å². The van der Waals surface area contributed by atoms with Crippen LogP contribution in [0.5, 0.6) is 5.75 Å². The summed E-state index contributed by atoms with van der Waals surface area (Å²) in [6, 6.07) is 17.4. The normalized spacial score (nSPS) is 24.2. The number of ether oxygens (including phenoxy) is 2. The number of rotatable bonds is 12. The lowest BCUT2D eigenvalue weighted by Gasteiger charge is -2.30. The summed E-state index contributed by atoms with van der Waals surface area (Å²) < 4.78 is 53.9. The van der Waals surface area contributed by atoms with Gasteiger partial charge in [-0.3, -0.25) is 18.9 Å². The Morgan fingerprint density at radius 2 is 1.80 bits per heavy atom. The Hall–Kier alpha value is -3.08. The summed E-state index contributed by atoms with van der Waals surface area (Å²) in [5, 5.41) is 10.7. The zero-order valence-corrected chi connectivity index (χ0v) is 24.4. The molecule has 0 radical (unpaired) electrons. The molecular formula is C29H36FN2O8P. The fourth-order valence-corrected chi connectivity index (χ4v) is 6.84. The number of nitrogens with one attached hydrogen (secondary N) is 1. The van der Waals surface area contributed by atoms with E-state index in [4.69, 9.17) is 18.5 Å². The predicted molar refractivity (Wildman–Crippen MR) is 151 cm³/mol. The monoisotopic (exact) mass is 590 g/mol. The molecule has 1 aromatic heterocycles. The van der Waals surface area contributed by atoms with Crippen LogP contribution in [0.4, 0.5) is 4.39 Å². The van der Waals surface area contributed by atoms with Gasteiger partial charge in [-0.15, -0.1) is 0 Å². The van der Waals surface area contributed by atoms with E-state index in [0.29, 0.717) is 12.4 Å². The molecule has 0 saturated carbocycles. The van der Waals surface area contributed by atoms with Crippen LogP contribution in [0.1, 0.15) is 38.1 Å². The SMILES string of the molecule is Cc1ccccc1COCC(C)(C)CP(=O)(OC[C@H]1O[C@@H](n2ccc(=O)[nH]c2=O)[C@](C)(F)[C@@H]1O)Oc1ccccc1. The number of H-pyrrole nitrogens is 1. The zero-order valence-electron chi connectivity index (χ0n) is 23.5. The number of aromatic nitrogens is 2. The largest absolute Gasteiger partial charge is 0.424 e. The summed E-state index contributed by atoms with van der Waals surface area (Å²) in [5.74, 6) is 0.313. The topological polar surface area (TPSA) is 129 Å². The van der Waals surface area contributed by atoms with Gasteiger partial charge in [0.25, 0.3) is 5.56 Å². The first-order chi connectivity index (χ1) is 19.3. The van der Waals surface area contributed by atoms with E-state index >= 15 is 4.39 Å². The third-order valence-corrected chi connectivity index (χ3v) is 9.15. The van der Waals surface area contributed by atoms with Crippen LogP contribution in [0.3, 0.4) is 0 Å². The summed E-state index contributed by atoms with van der Waals surface area (Å²) in [6.45, 7) is 6.95. The number of alkyl halides is 1. The van der Waals surface area contributed by atoms with Crippen LogP contribution >= 0.6 is 7.60 Å². The lowest BCUT2D eigenvalue weighted by atomic mass is 9.98. The van der Waals surface area contributed by atoms with Crippen molar-refractivity contribution in [3.8, 4) is 5.75 Å². The number of nitrogens with zero attached hydrogens (tertiary/aromatic N) is 1. The van der Waals surface area contributed by atoms with Crippen molar-refractivity contribution in [2.45, 2.75) is 58.4 Å². The average Bonchev–Trinajstić information content (AvgIpc) is 3.12. The summed E-state index contributed by atoms with van der Waals surface area (Å²) in [4.78, 5) is 25.8. The van der Waals surface area contributed by atoms with Crippen molar-refractivity contribution in [2.75, 3.05) is 19.4 Å². The van der Waals surface area contributed by atoms with Crippen LogP contribution in [-0.4, -0.2) is 51.9 Å². The molecule has 222 valence electrons. The molecule has 2 N–H and O–H groups in total. The molecule has 2 heterocycles. The van der Waals surface area contributed by atoms with Gasteiger partial charge in [0.05, 0.1) is 26.0 Å². The van der Waals surface area contributed by atoms with Gasteiger partial charge in [-0.05, 0) is 37.1 Å².